The van der Waals surface area contributed by atoms with Gasteiger partial charge in [-0.25, -0.2) is 18.2 Å². The molecule has 0 aliphatic rings. The van der Waals surface area contributed by atoms with Crippen molar-refractivity contribution in [2.75, 3.05) is 17.6 Å². The van der Waals surface area contributed by atoms with Crippen molar-refractivity contribution in [3.8, 4) is 0 Å². The minimum atomic E-state index is -3.92. The molecule has 1 heterocycles. The topological polar surface area (TPSA) is 124 Å². The summed E-state index contributed by atoms with van der Waals surface area (Å²) in [6.45, 7) is 0. The summed E-state index contributed by atoms with van der Waals surface area (Å²) in [7, 11) is -2.70. The van der Waals surface area contributed by atoms with Crippen LogP contribution in [0.1, 0.15) is 10.4 Å². The molecule has 0 spiro atoms. The fourth-order valence-corrected chi connectivity index (χ4v) is 2.69. The van der Waals surface area contributed by atoms with Crippen LogP contribution in [-0.2, 0) is 14.8 Å². The number of aromatic nitrogens is 2. The molecule has 0 aliphatic carbocycles. The molecule has 0 atom stereocenters. The quantitative estimate of drug-likeness (QED) is 0.627. The monoisotopic (exact) mass is 308 g/mol. The number of ether oxygens (including phenoxy) is 1. The van der Waals surface area contributed by atoms with E-state index in [0.29, 0.717) is 0 Å². The molecular weight excluding hydrogens is 296 g/mol. The van der Waals surface area contributed by atoms with E-state index in [9.17, 15) is 13.2 Å². The fraction of sp³-hybridized carbons (Fsp3) is 0.0833. The van der Waals surface area contributed by atoms with Gasteiger partial charge in [-0.1, -0.05) is 0 Å². The average molecular weight is 308 g/mol. The molecule has 0 saturated carbocycles. The van der Waals surface area contributed by atoms with E-state index < -0.39 is 16.0 Å². The van der Waals surface area contributed by atoms with Crippen LogP contribution < -0.4 is 10.5 Å². The number of carbonyl (C=O) groups excluding carboxylic acids is 1. The molecule has 0 amide bonds. The third kappa shape index (κ3) is 3.26. The molecule has 1 aromatic heterocycles. The molecule has 2 aromatic rings. The normalized spacial score (nSPS) is 10.9. The van der Waals surface area contributed by atoms with E-state index in [1.165, 1.54) is 43.9 Å². The number of esters is 1. The molecule has 0 radical (unpaired) electrons. The molecule has 1 aromatic carbocycles. The summed E-state index contributed by atoms with van der Waals surface area (Å²) in [5.41, 5.74) is 5.78. The van der Waals surface area contributed by atoms with Crippen LogP contribution in [0.2, 0.25) is 0 Å². The van der Waals surface area contributed by atoms with Gasteiger partial charge in [0.15, 0.2) is 5.82 Å². The maximum absolute atomic E-state index is 12.2. The molecule has 2 rings (SSSR count). The Kier molecular flexibility index (Phi) is 4.03. The van der Waals surface area contributed by atoms with Crippen molar-refractivity contribution in [3.63, 3.8) is 0 Å². The SMILES string of the molecule is COC(=O)c1ccc(S(=O)(=O)Nc2cnccn2)c(N)c1. The third-order valence-corrected chi connectivity index (χ3v) is 3.95. The number of rotatable bonds is 4. The second-order valence-electron chi connectivity index (χ2n) is 3.94. The van der Waals surface area contributed by atoms with E-state index in [2.05, 4.69) is 19.4 Å². The second-order valence-corrected chi connectivity index (χ2v) is 5.59. The number of sulfonamides is 1. The summed E-state index contributed by atoms with van der Waals surface area (Å²) in [6.07, 6.45) is 4.02. The van der Waals surface area contributed by atoms with E-state index in [1.807, 2.05) is 0 Å². The van der Waals surface area contributed by atoms with E-state index in [1.54, 1.807) is 0 Å². The number of nitrogens with two attached hydrogens (primary N) is 1. The van der Waals surface area contributed by atoms with E-state index in [-0.39, 0.29) is 22.0 Å². The van der Waals surface area contributed by atoms with Crippen LogP contribution in [0.5, 0.6) is 0 Å². The number of carbonyl (C=O) groups is 1. The first-order chi connectivity index (χ1) is 9.94. The lowest BCUT2D eigenvalue weighted by Gasteiger charge is -2.10. The number of nitrogen functional groups attached to an aromatic ring is 1. The van der Waals surface area contributed by atoms with Gasteiger partial charge in [0, 0.05) is 12.4 Å². The number of benzene rings is 1. The Balaban J connectivity index is 2.35. The minimum absolute atomic E-state index is 0.0638. The molecule has 0 unspecified atom stereocenters. The Labute approximate surface area is 121 Å². The van der Waals surface area contributed by atoms with Gasteiger partial charge in [-0.05, 0) is 18.2 Å². The summed E-state index contributed by atoms with van der Waals surface area (Å²) in [5, 5.41) is 0. The number of hydrogen-bond donors (Lipinski definition) is 2. The highest BCUT2D eigenvalue weighted by Gasteiger charge is 2.19. The highest BCUT2D eigenvalue weighted by atomic mass is 32.2. The van der Waals surface area contributed by atoms with Crippen LogP contribution in [-0.4, -0.2) is 31.5 Å². The van der Waals surface area contributed by atoms with Crippen molar-refractivity contribution in [1.82, 2.24) is 9.97 Å². The molecule has 0 aliphatic heterocycles. The van der Waals surface area contributed by atoms with E-state index >= 15 is 0 Å². The zero-order chi connectivity index (χ0) is 15.5. The van der Waals surface area contributed by atoms with Crippen molar-refractivity contribution in [1.29, 1.82) is 0 Å². The van der Waals surface area contributed by atoms with Crippen LogP contribution in [0.3, 0.4) is 0 Å². The van der Waals surface area contributed by atoms with Gasteiger partial charge < -0.3 is 10.5 Å². The molecule has 0 saturated heterocycles. The Bertz CT molecular complexity index is 762. The predicted octanol–water partition coefficient (Wildman–Crippen LogP) is 0.646. The number of nitrogens with one attached hydrogen (secondary N) is 1. The first kappa shape index (κ1) is 14.7. The van der Waals surface area contributed by atoms with E-state index in [0.717, 1.165) is 0 Å². The number of methoxy groups -OCH3 is 1. The average Bonchev–Trinajstić information content (AvgIpc) is 2.46. The van der Waals surface area contributed by atoms with Gasteiger partial charge >= 0.3 is 5.97 Å². The summed E-state index contributed by atoms with van der Waals surface area (Å²) in [6, 6.07) is 3.77. The Hall–Kier alpha value is -2.68. The summed E-state index contributed by atoms with van der Waals surface area (Å²) in [4.78, 5) is 18.8. The largest absolute Gasteiger partial charge is 0.465 e. The molecule has 21 heavy (non-hydrogen) atoms. The van der Waals surface area contributed by atoms with Gasteiger partial charge in [-0.15, -0.1) is 0 Å². The lowest BCUT2D eigenvalue weighted by molar-refractivity contribution is 0.0600. The molecule has 8 nitrogen and oxygen atoms in total. The number of nitrogens with zero attached hydrogens (tertiary/aromatic N) is 2. The van der Waals surface area contributed by atoms with Crippen molar-refractivity contribution in [3.05, 3.63) is 42.4 Å². The van der Waals surface area contributed by atoms with Gasteiger partial charge in [0.25, 0.3) is 10.0 Å². The van der Waals surface area contributed by atoms with E-state index in [4.69, 9.17) is 5.73 Å². The van der Waals surface area contributed by atoms with Crippen LogP contribution in [0, 0.1) is 0 Å². The number of hydrogen-bond acceptors (Lipinski definition) is 7. The third-order valence-electron chi connectivity index (χ3n) is 2.52. The number of anilines is 2. The first-order valence-corrected chi connectivity index (χ1v) is 7.19. The molecule has 0 fully saturated rings. The van der Waals surface area contributed by atoms with Gasteiger partial charge in [-0.2, -0.15) is 0 Å². The predicted molar refractivity (Wildman–Crippen MR) is 75.0 cm³/mol. The van der Waals surface area contributed by atoms with Gasteiger partial charge in [0.05, 0.1) is 24.6 Å². The molecule has 9 heteroatoms. The highest BCUT2D eigenvalue weighted by molar-refractivity contribution is 7.92. The molecule has 3 N–H and O–H groups in total. The van der Waals surface area contributed by atoms with Crippen LogP contribution >= 0.6 is 0 Å². The zero-order valence-electron chi connectivity index (χ0n) is 11.0. The summed E-state index contributed by atoms with van der Waals surface area (Å²) < 4.78 is 31.2. The highest BCUT2D eigenvalue weighted by Crippen LogP contribution is 2.22. The zero-order valence-corrected chi connectivity index (χ0v) is 11.8. The fourth-order valence-electron chi connectivity index (χ4n) is 1.58. The van der Waals surface area contributed by atoms with Gasteiger partial charge in [-0.3, -0.25) is 9.71 Å². The second kappa shape index (κ2) is 5.75. The van der Waals surface area contributed by atoms with Crippen molar-refractivity contribution in [2.45, 2.75) is 4.90 Å². The standard InChI is InChI=1S/C12H12N4O4S/c1-20-12(17)8-2-3-10(9(13)6-8)21(18,19)16-11-7-14-4-5-15-11/h2-7H,13H2,1H3,(H,15,16). The van der Waals surface area contributed by atoms with Crippen LogP contribution in [0.4, 0.5) is 11.5 Å². The van der Waals surface area contributed by atoms with Gasteiger partial charge in [0.2, 0.25) is 0 Å². The maximum Gasteiger partial charge on any atom is 0.337 e. The van der Waals surface area contributed by atoms with Crippen molar-refractivity contribution >= 4 is 27.5 Å². The Morgan fingerprint density at radius 2 is 2.10 bits per heavy atom. The molecule has 110 valence electrons. The lowest BCUT2D eigenvalue weighted by Crippen LogP contribution is -2.16. The van der Waals surface area contributed by atoms with Crippen LogP contribution in [0.25, 0.3) is 0 Å². The molecular formula is C12H12N4O4S. The Morgan fingerprint density at radius 1 is 1.33 bits per heavy atom. The van der Waals surface area contributed by atoms with Crippen molar-refractivity contribution in [2.24, 2.45) is 0 Å². The maximum atomic E-state index is 12.2. The summed E-state index contributed by atoms with van der Waals surface area (Å²) in [5.74, 6) is -0.540. The molecule has 0 bridgehead atoms. The smallest absolute Gasteiger partial charge is 0.337 e. The summed E-state index contributed by atoms with van der Waals surface area (Å²) >= 11 is 0. The first-order valence-electron chi connectivity index (χ1n) is 5.70. The van der Waals surface area contributed by atoms with Gasteiger partial charge in [0.1, 0.15) is 4.90 Å². The van der Waals surface area contributed by atoms with Crippen molar-refractivity contribution < 1.29 is 17.9 Å². The minimum Gasteiger partial charge on any atom is -0.465 e. The lowest BCUT2D eigenvalue weighted by atomic mass is 10.2. The Morgan fingerprint density at radius 3 is 2.67 bits per heavy atom. The van der Waals surface area contributed by atoms with Crippen LogP contribution in [0.15, 0.2) is 41.7 Å².